The Morgan fingerprint density at radius 3 is 2.36 bits per heavy atom. The van der Waals surface area contributed by atoms with E-state index in [1.54, 1.807) is 12.1 Å². The van der Waals surface area contributed by atoms with Crippen molar-refractivity contribution in [1.29, 1.82) is 0 Å². The molecule has 0 radical (unpaired) electrons. The molecule has 3 nitrogen and oxygen atoms in total. The van der Waals surface area contributed by atoms with Gasteiger partial charge in [0.25, 0.3) is 0 Å². The van der Waals surface area contributed by atoms with Crippen molar-refractivity contribution < 1.29 is 9.18 Å². The number of nitrogens with one attached hydrogen (secondary N) is 2. The van der Waals surface area contributed by atoms with Crippen molar-refractivity contribution in [3.05, 3.63) is 71.2 Å². The van der Waals surface area contributed by atoms with Crippen LogP contribution in [-0.2, 0) is 11.3 Å². The highest BCUT2D eigenvalue weighted by Gasteiger charge is 2.03. The van der Waals surface area contributed by atoms with Crippen LogP contribution in [0, 0.1) is 32.5 Å². The maximum Gasteiger partial charge on any atom is 0.217 e. The number of fused-ring (bicyclic) bond motifs is 1. The standard InChI is InChI=1S/C10H10FN.C9H11NO.C2H2/c1-6-7(2)12-10-4-3-8(11)5-9(6)10;1-8(11)10-7-9-5-3-2-4-6-9;1-2/h3-5,12H,1-2H3;2-6H,7H2,1H3,(H,10,11);1-2H. The number of hydrogen-bond donors (Lipinski definition) is 2. The van der Waals surface area contributed by atoms with Crippen LogP contribution in [0.1, 0.15) is 23.7 Å². The van der Waals surface area contributed by atoms with Crippen molar-refractivity contribution in [2.45, 2.75) is 27.3 Å². The Kier molecular flexibility index (Phi) is 7.95. The van der Waals surface area contributed by atoms with Crippen LogP contribution in [0.25, 0.3) is 10.9 Å². The Bertz CT molecular complexity index is 835. The van der Waals surface area contributed by atoms with Crippen molar-refractivity contribution in [3.8, 4) is 12.8 Å². The number of carbonyl (C=O) groups excluding carboxylic acids is 1. The van der Waals surface area contributed by atoms with Gasteiger partial charge in [0.15, 0.2) is 0 Å². The van der Waals surface area contributed by atoms with E-state index in [-0.39, 0.29) is 11.7 Å². The van der Waals surface area contributed by atoms with Crippen LogP contribution in [-0.4, -0.2) is 10.9 Å². The Morgan fingerprint density at radius 1 is 1.12 bits per heavy atom. The fraction of sp³-hybridized carbons (Fsp3) is 0.190. The maximum absolute atomic E-state index is 12.8. The average molecular weight is 338 g/mol. The zero-order valence-electron chi connectivity index (χ0n) is 14.8. The number of aryl methyl sites for hydroxylation is 2. The van der Waals surface area contributed by atoms with Crippen LogP contribution < -0.4 is 5.32 Å². The van der Waals surface area contributed by atoms with Gasteiger partial charge in [0.1, 0.15) is 5.82 Å². The lowest BCUT2D eigenvalue weighted by Crippen LogP contribution is -2.18. The van der Waals surface area contributed by atoms with Crippen molar-refractivity contribution in [1.82, 2.24) is 10.3 Å². The lowest BCUT2D eigenvalue weighted by atomic mass is 10.1. The Hall–Kier alpha value is -3.06. The van der Waals surface area contributed by atoms with Gasteiger partial charge in [-0.2, -0.15) is 0 Å². The summed E-state index contributed by atoms with van der Waals surface area (Å²) in [5, 5.41) is 3.70. The SMILES string of the molecule is C#C.CC(=O)NCc1ccccc1.Cc1[nH]c2ccc(F)cc2c1C. The van der Waals surface area contributed by atoms with E-state index in [1.807, 2.05) is 44.2 Å². The second-order valence-electron chi connectivity index (χ2n) is 5.46. The Morgan fingerprint density at radius 2 is 1.76 bits per heavy atom. The molecule has 0 atom stereocenters. The number of hydrogen-bond acceptors (Lipinski definition) is 1. The minimum atomic E-state index is -0.176. The monoisotopic (exact) mass is 338 g/mol. The molecular formula is C21H23FN2O. The summed E-state index contributed by atoms with van der Waals surface area (Å²) in [4.78, 5) is 13.7. The molecule has 2 N–H and O–H groups in total. The molecule has 3 rings (SSSR count). The minimum Gasteiger partial charge on any atom is -0.358 e. The molecule has 1 aromatic heterocycles. The van der Waals surface area contributed by atoms with Gasteiger partial charge in [0.2, 0.25) is 5.91 Å². The van der Waals surface area contributed by atoms with E-state index >= 15 is 0 Å². The predicted octanol–water partition coefficient (Wildman–Crippen LogP) is 4.50. The number of halogens is 1. The molecule has 0 aliphatic rings. The normalized spacial score (nSPS) is 9.36. The molecule has 2 aromatic carbocycles. The van der Waals surface area contributed by atoms with Gasteiger partial charge in [0, 0.05) is 30.1 Å². The third-order valence-electron chi connectivity index (χ3n) is 3.65. The van der Waals surface area contributed by atoms with Gasteiger partial charge < -0.3 is 10.3 Å². The number of amides is 1. The molecule has 0 unspecified atom stereocenters. The summed E-state index contributed by atoms with van der Waals surface area (Å²) in [6, 6.07) is 14.6. The number of terminal acetylenes is 1. The average Bonchev–Trinajstić information content (AvgIpc) is 2.91. The third kappa shape index (κ3) is 6.15. The lowest BCUT2D eigenvalue weighted by molar-refractivity contribution is -0.119. The summed E-state index contributed by atoms with van der Waals surface area (Å²) < 4.78 is 12.8. The molecule has 0 aliphatic heterocycles. The molecule has 0 saturated carbocycles. The van der Waals surface area contributed by atoms with Crippen LogP contribution in [0.5, 0.6) is 0 Å². The summed E-state index contributed by atoms with van der Waals surface area (Å²) in [6.45, 7) is 6.12. The highest BCUT2D eigenvalue weighted by atomic mass is 19.1. The second kappa shape index (κ2) is 9.94. The molecule has 1 amide bonds. The van der Waals surface area contributed by atoms with Gasteiger partial charge in [-0.15, -0.1) is 12.8 Å². The summed E-state index contributed by atoms with van der Waals surface area (Å²) in [6.07, 6.45) is 8.00. The van der Waals surface area contributed by atoms with Crippen molar-refractivity contribution in [2.24, 2.45) is 0 Å². The van der Waals surface area contributed by atoms with E-state index in [0.717, 1.165) is 27.7 Å². The van der Waals surface area contributed by atoms with Crippen molar-refractivity contribution >= 4 is 16.8 Å². The Labute approximate surface area is 148 Å². The third-order valence-corrected chi connectivity index (χ3v) is 3.65. The summed E-state index contributed by atoms with van der Waals surface area (Å²) in [7, 11) is 0. The Balaban J connectivity index is 0.000000229. The first-order chi connectivity index (χ1) is 12.0. The number of carbonyl (C=O) groups is 1. The molecule has 3 aromatic rings. The molecular weight excluding hydrogens is 315 g/mol. The van der Waals surface area contributed by atoms with Crippen molar-refractivity contribution in [2.75, 3.05) is 0 Å². The van der Waals surface area contributed by atoms with Gasteiger partial charge in [-0.25, -0.2) is 4.39 Å². The zero-order valence-corrected chi connectivity index (χ0v) is 14.8. The van der Waals surface area contributed by atoms with Crippen LogP contribution in [0.15, 0.2) is 48.5 Å². The zero-order chi connectivity index (χ0) is 18.8. The van der Waals surface area contributed by atoms with Crippen LogP contribution in [0.4, 0.5) is 4.39 Å². The van der Waals surface area contributed by atoms with Crippen LogP contribution >= 0.6 is 0 Å². The summed E-state index contributed by atoms with van der Waals surface area (Å²) >= 11 is 0. The lowest BCUT2D eigenvalue weighted by Gasteiger charge is -2.00. The van der Waals surface area contributed by atoms with E-state index in [0.29, 0.717) is 6.54 Å². The highest BCUT2D eigenvalue weighted by molar-refractivity contribution is 5.84. The molecule has 1 heterocycles. The largest absolute Gasteiger partial charge is 0.358 e. The molecule has 0 spiro atoms. The molecule has 0 fully saturated rings. The molecule has 25 heavy (non-hydrogen) atoms. The fourth-order valence-corrected chi connectivity index (χ4v) is 2.26. The molecule has 0 bridgehead atoms. The van der Waals surface area contributed by atoms with E-state index in [1.165, 1.54) is 13.0 Å². The van der Waals surface area contributed by atoms with E-state index in [4.69, 9.17) is 0 Å². The number of aromatic amines is 1. The highest BCUT2D eigenvalue weighted by Crippen LogP contribution is 2.21. The number of aromatic nitrogens is 1. The van der Waals surface area contributed by atoms with E-state index < -0.39 is 0 Å². The molecule has 130 valence electrons. The number of H-pyrrole nitrogens is 1. The van der Waals surface area contributed by atoms with Gasteiger partial charge in [-0.05, 0) is 43.2 Å². The fourth-order valence-electron chi connectivity index (χ4n) is 2.26. The number of rotatable bonds is 2. The van der Waals surface area contributed by atoms with Crippen LogP contribution in [0.2, 0.25) is 0 Å². The smallest absolute Gasteiger partial charge is 0.217 e. The quantitative estimate of drug-likeness (QED) is 0.664. The molecule has 4 heteroatoms. The van der Waals surface area contributed by atoms with Gasteiger partial charge in [0.05, 0.1) is 0 Å². The first-order valence-corrected chi connectivity index (χ1v) is 7.83. The first kappa shape index (κ1) is 20.0. The van der Waals surface area contributed by atoms with Crippen molar-refractivity contribution in [3.63, 3.8) is 0 Å². The topological polar surface area (TPSA) is 44.9 Å². The summed E-state index contributed by atoms with van der Waals surface area (Å²) in [5.41, 5.74) is 4.37. The molecule has 0 saturated heterocycles. The van der Waals surface area contributed by atoms with Gasteiger partial charge >= 0.3 is 0 Å². The molecule has 0 aliphatic carbocycles. The van der Waals surface area contributed by atoms with E-state index in [9.17, 15) is 9.18 Å². The first-order valence-electron chi connectivity index (χ1n) is 7.83. The van der Waals surface area contributed by atoms with Gasteiger partial charge in [-0.1, -0.05) is 30.3 Å². The van der Waals surface area contributed by atoms with Gasteiger partial charge in [-0.3, -0.25) is 4.79 Å². The predicted molar refractivity (Wildman–Crippen MR) is 102 cm³/mol. The maximum atomic E-state index is 12.8. The van der Waals surface area contributed by atoms with Crippen LogP contribution in [0.3, 0.4) is 0 Å². The van der Waals surface area contributed by atoms with E-state index in [2.05, 4.69) is 23.1 Å². The minimum absolute atomic E-state index is 0.00820. The summed E-state index contributed by atoms with van der Waals surface area (Å²) in [5.74, 6) is -0.168. The number of benzene rings is 2. The second-order valence-corrected chi connectivity index (χ2v) is 5.46.